The van der Waals surface area contributed by atoms with Crippen LogP contribution in [0, 0.1) is 11.3 Å². The maximum atomic E-state index is 14.2. The molecule has 1 amide bonds. The molecule has 1 saturated heterocycles. The highest BCUT2D eigenvalue weighted by atomic mass is 32.1. The van der Waals surface area contributed by atoms with Crippen molar-refractivity contribution < 1.29 is 19.4 Å². The molecule has 1 aliphatic heterocycles. The molecule has 6 heteroatoms. The van der Waals surface area contributed by atoms with Crippen molar-refractivity contribution in [2.24, 2.45) is 11.3 Å². The number of nitrogens with zero attached hydrogens (tertiary/aromatic N) is 1. The molecule has 4 aliphatic carbocycles. The van der Waals surface area contributed by atoms with E-state index in [9.17, 15) is 14.7 Å². The molecule has 0 radical (unpaired) electrons. The van der Waals surface area contributed by atoms with Crippen molar-refractivity contribution in [1.29, 1.82) is 0 Å². The maximum absolute atomic E-state index is 14.2. The van der Waals surface area contributed by atoms with Gasteiger partial charge in [0.1, 0.15) is 5.60 Å². The molecular weight excluding hydrogens is 542 g/mol. The molecule has 1 aromatic heterocycles. The number of fused-ring (bicyclic) bond motifs is 8. The first-order chi connectivity index (χ1) is 20.3. The number of benzene rings is 1. The van der Waals surface area contributed by atoms with Gasteiger partial charge in [-0.25, -0.2) is 4.79 Å². The van der Waals surface area contributed by atoms with Crippen LogP contribution < -0.4 is 0 Å². The predicted molar refractivity (Wildman–Crippen MR) is 168 cm³/mol. The Hall–Kier alpha value is -2.44. The number of aliphatic hydroxyl groups excluding tert-OH is 1. The van der Waals surface area contributed by atoms with Crippen molar-refractivity contribution >= 4 is 23.2 Å². The number of hydrogen-bond donors (Lipinski definition) is 1. The van der Waals surface area contributed by atoms with E-state index < -0.39 is 11.7 Å². The van der Waals surface area contributed by atoms with E-state index in [4.69, 9.17) is 4.74 Å². The van der Waals surface area contributed by atoms with Gasteiger partial charge >= 0.3 is 6.09 Å². The summed E-state index contributed by atoms with van der Waals surface area (Å²) >= 11 is 1.74. The largest absolute Gasteiger partial charge is 0.440 e. The fraction of sp³-hybridized carbons (Fsp3) is 0.611. The Labute approximate surface area is 255 Å². The van der Waals surface area contributed by atoms with Gasteiger partial charge in [-0.15, -0.1) is 11.3 Å². The van der Waals surface area contributed by atoms with E-state index in [1.165, 1.54) is 16.9 Å². The highest BCUT2D eigenvalue weighted by molar-refractivity contribution is 7.09. The zero-order chi connectivity index (χ0) is 29.3. The Kier molecular flexibility index (Phi) is 8.66. The number of aliphatic hydroxyl groups is 1. The number of allylic oxidation sites excluding steroid dienone is 2. The van der Waals surface area contributed by atoms with Crippen molar-refractivity contribution in [3.8, 4) is 0 Å². The van der Waals surface area contributed by atoms with Crippen LogP contribution in [-0.4, -0.2) is 46.7 Å². The molecule has 1 N–H and O–H groups in total. The van der Waals surface area contributed by atoms with Crippen LogP contribution in [0.3, 0.4) is 0 Å². The average molecular weight is 590 g/mol. The van der Waals surface area contributed by atoms with Gasteiger partial charge in [0.15, 0.2) is 5.78 Å². The topological polar surface area (TPSA) is 66.8 Å². The molecule has 42 heavy (non-hydrogen) atoms. The minimum Gasteiger partial charge on any atom is -0.440 e. The van der Waals surface area contributed by atoms with Gasteiger partial charge in [0, 0.05) is 28.3 Å². The first-order valence-corrected chi connectivity index (χ1v) is 17.2. The molecule has 3 fully saturated rings. The van der Waals surface area contributed by atoms with Crippen LogP contribution >= 0.6 is 11.3 Å². The molecule has 1 aromatic carbocycles. The van der Waals surface area contributed by atoms with Crippen molar-refractivity contribution in [2.45, 2.75) is 115 Å². The Morgan fingerprint density at radius 3 is 2.74 bits per heavy atom. The van der Waals surface area contributed by atoms with Gasteiger partial charge in [-0.2, -0.15) is 0 Å². The fourth-order valence-electron chi connectivity index (χ4n) is 8.46. The molecule has 2 saturated carbocycles. The molecule has 2 bridgehead atoms. The van der Waals surface area contributed by atoms with Crippen LogP contribution in [0.2, 0.25) is 0 Å². The smallest absolute Gasteiger partial charge is 0.410 e. The summed E-state index contributed by atoms with van der Waals surface area (Å²) in [5.74, 6) is 0.495. The molecule has 226 valence electrons. The first kappa shape index (κ1) is 29.6. The first-order valence-electron chi connectivity index (χ1n) is 16.3. The second-order valence-corrected chi connectivity index (χ2v) is 14.8. The summed E-state index contributed by atoms with van der Waals surface area (Å²) in [6.45, 7) is 5.79. The number of hydrogen-bond acceptors (Lipinski definition) is 5. The van der Waals surface area contributed by atoms with Gasteiger partial charge in [0.25, 0.3) is 0 Å². The number of carbonyl (C=O) groups excluding carboxylic acids is 2. The molecule has 7 rings (SSSR count). The third kappa shape index (κ3) is 5.74. The normalized spacial score (nSPS) is 30.7. The van der Waals surface area contributed by atoms with E-state index in [-0.39, 0.29) is 29.1 Å². The van der Waals surface area contributed by atoms with Crippen LogP contribution in [-0.2, 0) is 17.6 Å². The molecule has 0 unspecified atom stereocenters. The molecule has 2 aromatic rings. The van der Waals surface area contributed by atoms with E-state index in [1.807, 2.05) is 4.90 Å². The van der Waals surface area contributed by atoms with Crippen LogP contribution in [0.1, 0.15) is 117 Å². The number of thiophene rings is 1. The Bertz CT molecular complexity index is 1310. The summed E-state index contributed by atoms with van der Waals surface area (Å²) in [5.41, 5.74) is 3.48. The van der Waals surface area contributed by atoms with Gasteiger partial charge in [0.05, 0.1) is 12.6 Å². The number of ketones is 1. The standard InChI is InChI=1S/C36H47NO4S/c1-25-8-6-18-35(2)32(16-19-36(35)24-37(34(40)41-36)20-17-29-11-7-21-42-29)30-15-13-26(22-28(38)14-12-25)23-31(30)33(39)27-9-4-3-5-10-27/h7-8,11,13,15,21,23,27-28,32,38H,3-6,9-10,12,14,16-20,22,24H2,1-2H3/t28-,32-,35-,36+/m0/s1. The zero-order valence-corrected chi connectivity index (χ0v) is 26.2. The highest BCUT2D eigenvalue weighted by Crippen LogP contribution is 2.61. The molecule has 4 atom stereocenters. The van der Waals surface area contributed by atoms with Gasteiger partial charge in [-0.1, -0.05) is 56.0 Å². The Balaban J connectivity index is 1.37. The lowest BCUT2D eigenvalue weighted by molar-refractivity contribution is -0.0373. The van der Waals surface area contributed by atoms with Crippen LogP contribution in [0.25, 0.3) is 0 Å². The van der Waals surface area contributed by atoms with Crippen molar-refractivity contribution in [3.63, 3.8) is 0 Å². The molecular formula is C36H47NO4S. The highest BCUT2D eigenvalue weighted by Gasteiger charge is 2.63. The van der Waals surface area contributed by atoms with Crippen LogP contribution in [0.15, 0.2) is 47.4 Å². The third-order valence-electron chi connectivity index (χ3n) is 11.1. The van der Waals surface area contributed by atoms with E-state index in [0.29, 0.717) is 19.5 Å². The quantitative estimate of drug-likeness (QED) is 0.282. The summed E-state index contributed by atoms with van der Waals surface area (Å²) in [6.07, 6.45) is 13.6. The van der Waals surface area contributed by atoms with E-state index in [0.717, 1.165) is 87.3 Å². The van der Waals surface area contributed by atoms with Gasteiger partial charge in [0.2, 0.25) is 0 Å². The van der Waals surface area contributed by atoms with E-state index in [1.54, 1.807) is 11.3 Å². The lowest BCUT2D eigenvalue weighted by Crippen LogP contribution is -2.48. The monoisotopic (exact) mass is 589 g/mol. The van der Waals surface area contributed by atoms with Crippen molar-refractivity contribution in [3.05, 3.63) is 68.9 Å². The van der Waals surface area contributed by atoms with Crippen molar-refractivity contribution in [2.75, 3.05) is 13.1 Å². The Morgan fingerprint density at radius 2 is 1.95 bits per heavy atom. The summed E-state index contributed by atoms with van der Waals surface area (Å²) in [4.78, 5) is 30.8. The second kappa shape index (κ2) is 12.3. The lowest BCUT2D eigenvalue weighted by atomic mass is 9.64. The number of amides is 1. The maximum Gasteiger partial charge on any atom is 0.410 e. The Morgan fingerprint density at radius 1 is 1.12 bits per heavy atom. The molecule has 5 nitrogen and oxygen atoms in total. The molecule has 2 heterocycles. The second-order valence-electron chi connectivity index (χ2n) is 13.7. The summed E-state index contributed by atoms with van der Waals surface area (Å²) < 4.78 is 6.48. The zero-order valence-electron chi connectivity index (χ0n) is 25.4. The molecule has 5 aliphatic rings. The SMILES string of the molecule is CC1=CCC[C@@]2(C)[C@@H](CC[C@@]23CN(CCc2cccs2)C(=O)O3)c2ccc(cc2C(=O)C2CCCCC2)C[C@@H](O)CC1. The van der Waals surface area contributed by atoms with Crippen LogP contribution in [0.5, 0.6) is 0 Å². The lowest BCUT2D eigenvalue weighted by Gasteiger charge is -2.43. The van der Waals surface area contributed by atoms with Gasteiger partial charge in [-0.05, 0) is 106 Å². The number of ether oxygens (including phenoxy) is 1. The summed E-state index contributed by atoms with van der Waals surface area (Å²) in [5, 5.41) is 12.9. The molecule has 1 spiro atoms. The number of carbonyl (C=O) groups is 2. The van der Waals surface area contributed by atoms with Crippen LogP contribution in [0.4, 0.5) is 4.79 Å². The third-order valence-corrected chi connectivity index (χ3v) is 12.0. The number of rotatable bonds is 5. The number of Topliss-reactive ketones (excluding diaryl/α,β-unsaturated/α-hetero) is 1. The summed E-state index contributed by atoms with van der Waals surface area (Å²) in [7, 11) is 0. The minimum atomic E-state index is -0.566. The minimum absolute atomic E-state index is 0.0841. The summed E-state index contributed by atoms with van der Waals surface area (Å²) in [6, 6.07) is 10.6. The van der Waals surface area contributed by atoms with Gasteiger partial charge in [-0.3, -0.25) is 4.79 Å². The van der Waals surface area contributed by atoms with E-state index in [2.05, 4.69) is 55.6 Å². The fourth-order valence-corrected chi connectivity index (χ4v) is 9.15. The predicted octanol–water partition coefficient (Wildman–Crippen LogP) is 8.25. The van der Waals surface area contributed by atoms with Crippen molar-refractivity contribution in [1.82, 2.24) is 4.90 Å². The average Bonchev–Trinajstić information content (AvgIpc) is 3.69. The van der Waals surface area contributed by atoms with E-state index >= 15 is 0 Å². The van der Waals surface area contributed by atoms with Gasteiger partial charge < -0.3 is 14.7 Å².